The fraction of sp³-hybridized carbons (Fsp3) is 0.143. The molecule has 0 saturated carbocycles. The third-order valence-corrected chi connectivity index (χ3v) is 4.18. The third-order valence-electron chi connectivity index (χ3n) is 1.33. The van der Waals surface area contributed by atoms with E-state index >= 15 is 0 Å². The maximum atomic E-state index is 11.2. The first-order valence-electron chi connectivity index (χ1n) is 3.40. The van der Waals surface area contributed by atoms with E-state index in [4.69, 9.17) is 10.7 Å². The van der Waals surface area contributed by atoms with Crippen molar-refractivity contribution in [2.75, 3.05) is 9.97 Å². The van der Waals surface area contributed by atoms with E-state index in [1.165, 1.54) is 0 Å². The van der Waals surface area contributed by atoms with Gasteiger partial charge in [-0.05, 0) is 22.8 Å². The first kappa shape index (κ1) is 10.7. The largest absolute Gasteiger partial charge is 0.242 e. The average molecular weight is 238 g/mol. The second-order valence-electron chi connectivity index (χ2n) is 2.39. The van der Waals surface area contributed by atoms with Gasteiger partial charge in [-0.2, -0.15) is 3.71 Å². The standard InChI is InChI=1S/C7H8ClNO2S2/c1-13(10,11)9(12-8)7-5-3-2-4-6-7/h2-6H,1H3. The Hall–Kier alpha value is -0.390. The lowest BCUT2D eigenvalue weighted by atomic mass is 10.3. The molecule has 0 aliphatic heterocycles. The van der Waals surface area contributed by atoms with Gasteiger partial charge in [0.15, 0.2) is 0 Å². The molecule has 3 nitrogen and oxygen atoms in total. The van der Waals surface area contributed by atoms with Gasteiger partial charge in [0.05, 0.1) is 23.1 Å². The number of hydrogen-bond acceptors (Lipinski definition) is 3. The molecule has 0 fully saturated rings. The molecular weight excluding hydrogens is 230 g/mol. The summed E-state index contributed by atoms with van der Waals surface area (Å²) in [5, 5.41) is 0. The van der Waals surface area contributed by atoms with E-state index in [0.717, 1.165) is 9.97 Å². The van der Waals surface area contributed by atoms with E-state index in [-0.39, 0.29) is 0 Å². The summed E-state index contributed by atoms with van der Waals surface area (Å²) >= 11 is 0.648. The van der Waals surface area contributed by atoms with E-state index in [0.29, 0.717) is 16.8 Å². The van der Waals surface area contributed by atoms with Gasteiger partial charge in [0, 0.05) is 0 Å². The van der Waals surface area contributed by atoms with Crippen LogP contribution in [-0.2, 0) is 10.0 Å². The number of halogens is 1. The monoisotopic (exact) mass is 237 g/mol. The fourth-order valence-corrected chi connectivity index (χ4v) is 3.11. The maximum Gasteiger partial charge on any atom is 0.242 e. The van der Waals surface area contributed by atoms with Gasteiger partial charge in [-0.1, -0.05) is 18.2 Å². The minimum Gasteiger partial charge on any atom is -0.206 e. The number of nitrogens with zero attached hydrogens (tertiary/aromatic N) is 1. The van der Waals surface area contributed by atoms with Crippen molar-refractivity contribution < 1.29 is 8.42 Å². The zero-order valence-corrected chi connectivity index (χ0v) is 9.23. The summed E-state index contributed by atoms with van der Waals surface area (Å²) in [4.78, 5) is 0. The predicted octanol–water partition coefficient (Wildman–Crippen LogP) is 2.25. The Morgan fingerprint density at radius 1 is 1.31 bits per heavy atom. The van der Waals surface area contributed by atoms with Crippen LogP contribution in [0.3, 0.4) is 0 Å². The number of benzene rings is 1. The van der Waals surface area contributed by atoms with Crippen LogP contribution >= 0.6 is 21.8 Å². The Morgan fingerprint density at radius 2 is 1.85 bits per heavy atom. The highest BCUT2D eigenvalue weighted by Crippen LogP contribution is 2.27. The van der Waals surface area contributed by atoms with Crippen molar-refractivity contribution in [3.05, 3.63) is 30.3 Å². The Labute approximate surface area is 86.4 Å². The summed E-state index contributed by atoms with van der Waals surface area (Å²) in [5.74, 6) is 0. The normalized spacial score (nSPS) is 11.2. The molecule has 0 bridgehead atoms. The predicted molar refractivity (Wildman–Crippen MR) is 57.2 cm³/mol. The zero-order valence-electron chi connectivity index (χ0n) is 6.84. The molecule has 0 heterocycles. The zero-order chi connectivity index (χ0) is 9.90. The second-order valence-corrected chi connectivity index (χ2v) is 5.37. The first-order chi connectivity index (χ1) is 6.05. The van der Waals surface area contributed by atoms with Crippen molar-refractivity contribution in [1.82, 2.24) is 0 Å². The van der Waals surface area contributed by atoms with Gasteiger partial charge in [0.25, 0.3) is 0 Å². The summed E-state index contributed by atoms with van der Waals surface area (Å²) in [6, 6.07) is 8.66. The Bertz CT molecular complexity index is 365. The number of para-hydroxylation sites is 1. The fourth-order valence-electron chi connectivity index (χ4n) is 0.832. The first-order valence-corrected chi connectivity index (χ1v) is 6.84. The molecule has 0 amide bonds. The molecule has 0 unspecified atom stereocenters. The number of anilines is 1. The van der Waals surface area contributed by atoms with Crippen LogP contribution in [0.25, 0.3) is 0 Å². The van der Waals surface area contributed by atoms with E-state index in [1.807, 2.05) is 6.07 Å². The third kappa shape index (κ3) is 2.79. The van der Waals surface area contributed by atoms with Crippen molar-refractivity contribution in [3.8, 4) is 0 Å². The van der Waals surface area contributed by atoms with Crippen LogP contribution in [0.4, 0.5) is 5.69 Å². The summed E-state index contributed by atoms with van der Waals surface area (Å²) in [7, 11) is 2.15. The van der Waals surface area contributed by atoms with Crippen LogP contribution < -0.4 is 3.71 Å². The van der Waals surface area contributed by atoms with Gasteiger partial charge in [-0.25, -0.2) is 8.42 Å². The molecule has 0 aliphatic rings. The molecule has 1 aromatic rings. The maximum absolute atomic E-state index is 11.2. The molecule has 72 valence electrons. The van der Waals surface area contributed by atoms with Gasteiger partial charge >= 0.3 is 0 Å². The highest BCUT2D eigenvalue weighted by Gasteiger charge is 2.16. The average Bonchev–Trinajstić information content (AvgIpc) is 2.05. The molecule has 0 saturated heterocycles. The molecule has 13 heavy (non-hydrogen) atoms. The Morgan fingerprint density at radius 3 is 2.23 bits per heavy atom. The second kappa shape index (κ2) is 4.21. The van der Waals surface area contributed by atoms with Crippen LogP contribution in [0, 0.1) is 0 Å². The molecule has 0 N–H and O–H groups in total. The molecule has 1 rings (SSSR count). The van der Waals surface area contributed by atoms with E-state index in [2.05, 4.69) is 0 Å². The molecule has 0 aliphatic carbocycles. The van der Waals surface area contributed by atoms with Gasteiger partial charge in [0.1, 0.15) is 0 Å². The molecular formula is C7H8ClNO2S2. The summed E-state index contributed by atoms with van der Waals surface area (Å²) < 4.78 is 23.4. The van der Waals surface area contributed by atoms with Crippen molar-refractivity contribution in [2.45, 2.75) is 0 Å². The van der Waals surface area contributed by atoms with Gasteiger partial charge in [-0.15, -0.1) is 0 Å². The van der Waals surface area contributed by atoms with Crippen molar-refractivity contribution >= 4 is 37.6 Å². The van der Waals surface area contributed by atoms with Crippen molar-refractivity contribution in [1.29, 1.82) is 0 Å². The molecule has 1 aromatic carbocycles. The van der Waals surface area contributed by atoms with Crippen LogP contribution in [0.15, 0.2) is 30.3 Å². The number of hydrogen-bond donors (Lipinski definition) is 0. The SMILES string of the molecule is CS(=O)(=O)N(SCl)c1ccccc1. The molecule has 0 spiro atoms. The van der Waals surface area contributed by atoms with Crippen molar-refractivity contribution in [3.63, 3.8) is 0 Å². The lowest BCUT2D eigenvalue weighted by Gasteiger charge is -2.16. The van der Waals surface area contributed by atoms with Crippen LogP contribution in [0.5, 0.6) is 0 Å². The van der Waals surface area contributed by atoms with E-state index < -0.39 is 10.0 Å². The molecule has 0 atom stereocenters. The van der Waals surface area contributed by atoms with Gasteiger partial charge in [-0.3, -0.25) is 0 Å². The minimum atomic E-state index is -3.30. The molecule has 6 heteroatoms. The van der Waals surface area contributed by atoms with Crippen LogP contribution in [-0.4, -0.2) is 14.7 Å². The highest BCUT2D eigenvalue weighted by molar-refractivity contribution is 8.29. The smallest absolute Gasteiger partial charge is 0.206 e. The highest BCUT2D eigenvalue weighted by atomic mass is 35.7. The van der Waals surface area contributed by atoms with Gasteiger partial charge in [0.2, 0.25) is 10.0 Å². The lowest BCUT2D eigenvalue weighted by molar-refractivity contribution is 0.604. The number of rotatable bonds is 3. The minimum absolute atomic E-state index is 0.546. The van der Waals surface area contributed by atoms with Gasteiger partial charge < -0.3 is 0 Å². The van der Waals surface area contributed by atoms with E-state index in [9.17, 15) is 8.42 Å². The van der Waals surface area contributed by atoms with Crippen LogP contribution in [0.2, 0.25) is 0 Å². The lowest BCUT2D eigenvalue weighted by Crippen LogP contribution is -2.20. The summed E-state index contributed by atoms with van der Waals surface area (Å²) in [6.07, 6.45) is 1.11. The topological polar surface area (TPSA) is 37.4 Å². The summed E-state index contributed by atoms with van der Waals surface area (Å²) in [6.45, 7) is 0. The number of sulfonamides is 1. The van der Waals surface area contributed by atoms with E-state index in [1.54, 1.807) is 24.3 Å². The summed E-state index contributed by atoms with van der Waals surface area (Å²) in [5.41, 5.74) is 0.546. The molecule has 0 radical (unpaired) electrons. The Balaban J connectivity index is 3.06. The quantitative estimate of drug-likeness (QED) is 0.757. The Kier molecular flexibility index (Phi) is 3.47. The van der Waals surface area contributed by atoms with Crippen LogP contribution in [0.1, 0.15) is 0 Å². The van der Waals surface area contributed by atoms with Crippen molar-refractivity contribution in [2.24, 2.45) is 0 Å². The molecule has 0 aromatic heterocycles.